The van der Waals surface area contributed by atoms with Crippen LogP contribution in [-0.4, -0.2) is 35.1 Å². The van der Waals surface area contributed by atoms with E-state index in [1.807, 2.05) is 36.6 Å². The Hall–Kier alpha value is -2.08. The van der Waals surface area contributed by atoms with Gasteiger partial charge in [0, 0.05) is 30.2 Å². The van der Waals surface area contributed by atoms with E-state index in [0.717, 1.165) is 17.7 Å². The summed E-state index contributed by atoms with van der Waals surface area (Å²) in [6.07, 6.45) is 2.58. The van der Waals surface area contributed by atoms with Crippen molar-refractivity contribution >= 4 is 23.1 Å². The number of nitrogens with one attached hydrogen (secondary N) is 1. The molecule has 3 rings (SSSR count). The predicted molar refractivity (Wildman–Crippen MR) is 82.9 cm³/mol. The Bertz CT molecular complexity index is 615. The van der Waals surface area contributed by atoms with E-state index in [2.05, 4.69) is 10.3 Å². The highest BCUT2D eigenvalue weighted by Crippen LogP contribution is 2.21. The van der Waals surface area contributed by atoms with Crippen LogP contribution in [0.2, 0.25) is 0 Å². The summed E-state index contributed by atoms with van der Waals surface area (Å²) in [5.41, 5.74) is 1.95. The lowest BCUT2D eigenvalue weighted by Gasteiger charge is -2.17. The first kappa shape index (κ1) is 13.9. The van der Waals surface area contributed by atoms with Crippen molar-refractivity contribution in [2.24, 2.45) is 0 Å². The molecule has 1 saturated heterocycles. The number of aryl methyl sites for hydroxylation is 1. The third-order valence-electron chi connectivity index (χ3n) is 3.38. The van der Waals surface area contributed by atoms with Crippen LogP contribution < -0.4 is 10.1 Å². The van der Waals surface area contributed by atoms with E-state index >= 15 is 0 Å². The maximum atomic E-state index is 12.2. The van der Waals surface area contributed by atoms with Crippen molar-refractivity contribution in [2.45, 2.75) is 19.4 Å². The van der Waals surface area contributed by atoms with Gasteiger partial charge >= 0.3 is 6.03 Å². The minimum Gasteiger partial charge on any atom is -0.465 e. The maximum Gasteiger partial charge on any atom is 0.321 e. The van der Waals surface area contributed by atoms with E-state index in [9.17, 15) is 4.79 Å². The van der Waals surface area contributed by atoms with Gasteiger partial charge in [0.1, 0.15) is 6.10 Å². The number of hydrogen-bond acceptors (Lipinski definition) is 4. The quantitative estimate of drug-likeness (QED) is 0.947. The second-order valence-electron chi connectivity index (χ2n) is 5.07. The van der Waals surface area contributed by atoms with Crippen molar-refractivity contribution in [2.75, 3.05) is 18.4 Å². The molecule has 2 aromatic rings. The number of carbonyl (C=O) groups is 1. The number of urea groups is 1. The average molecular weight is 303 g/mol. The predicted octanol–water partition coefficient (Wildman–Crippen LogP) is 3.14. The molecule has 0 spiro atoms. The van der Waals surface area contributed by atoms with E-state index in [0.29, 0.717) is 18.3 Å². The molecule has 1 N–H and O–H groups in total. The van der Waals surface area contributed by atoms with Gasteiger partial charge in [0.2, 0.25) is 0 Å². The molecule has 0 saturated carbocycles. The maximum absolute atomic E-state index is 12.2. The first-order valence-electron chi connectivity index (χ1n) is 6.89. The summed E-state index contributed by atoms with van der Waals surface area (Å²) in [5, 5.41) is 5.47. The molecule has 0 radical (unpaired) electrons. The number of benzene rings is 1. The minimum absolute atomic E-state index is 0.0272. The smallest absolute Gasteiger partial charge is 0.321 e. The van der Waals surface area contributed by atoms with Crippen molar-refractivity contribution in [3.63, 3.8) is 0 Å². The first-order valence-corrected chi connectivity index (χ1v) is 7.77. The Morgan fingerprint density at radius 1 is 1.52 bits per heavy atom. The van der Waals surface area contributed by atoms with Gasteiger partial charge in [0.15, 0.2) is 0 Å². The summed E-state index contributed by atoms with van der Waals surface area (Å²) in [5.74, 6) is 0. The molecule has 6 heteroatoms. The van der Waals surface area contributed by atoms with Gasteiger partial charge in [0.05, 0.1) is 6.54 Å². The van der Waals surface area contributed by atoms with Gasteiger partial charge in [0.25, 0.3) is 5.19 Å². The Labute approximate surface area is 127 Å². The number of amides is 2. The Morgan fingerprint density at radius 3 is 3.19 bits per heavy atom. The van der Waals surface area contributed by atoms with Crippen LogP contribution in [0, 0.1) is 6.92 Å². The molecule has 2 heterocycles. The summed E-state index contributed by atoms with van der Waals surface area (Å²) in [4.78, 5) is 18.1. The molecule has 2 amide bonds. The zero-order chi connectivity index (χ0) is 14.7. The van der Waals surface area contributed by atoms with Crippen molar-refractivity contribution in [3.8, 4) is 5.19 Å². The molecule has 1 aromatic carbocycles. The third-order valence-corrected chi connectivity index (χ3v) is 4.04. The monoisotopic (exact) mass is 303 g/mol. The average Bonchev–Trinajstić information content (AvgIpc) is 3.11. The molecule has 1 aliphatic heterocycles. The highest BCUT2D eigenvalue weighted by atomic mass is 32.1. The summed E-state index contributed by atoms with van der Waals surface area (Å²) in [6, 6.07) is 7.71. The van der Waals surface area contributed by atoms with Gasteiger partial charge < -0.3 is 15.0 Å². The first-order chi connectivity index (χ1) is 10.2. The fraction of sp³-hybridized carbons (Fsp3) is 0.333. The number of ether oxygens (including phenoxy) is 1. The second-order valence-corrected chi connectivity index (χ2v) is 5.93. The fourth-order valence-corrected chi connectivity index (χ4v) is 2.90. The van der Waals surface area contributed by atoms with Crippen molar-refractivity contribution in [1.82, 2.24) is 9.88 Å². The van der Waals surface area contributed by atoms with Crippen LogP contribution in [0.1, 0.15) is 12.0 Å². The van der Waals surface area contributed by atoms with E-state index in [1.54, 1.807) is 11.1 Å². The number of thiazole rings is 1. The van der Waals surface area contributed by atoms with E-state index < -0.39 is 0 Å². The number of hydrogen-bond donors (Lipinski definition) is 1. The van der Waals surface area contributed by atoms with Gasteiger partial charge in [-0.05, 0) is 24.6 Å². The molecule has 1 aromatic heterocycles. The van der Waals surface area contributed by atoms with E-state index in [1.165, 1.54) is 11.3 Å². The van der Waals surface area contributed by atoms with Gasteiger partial charge in [-0.1, -0.05) is 23.5 Å². The van der Waals surface area contributed by atoms with Gasteiger partial charge in [-0.2, -0.15) is 0 Å². The molecule has 1 fully saturated rings. The SMILES string of the molecule is Cc1cccc(NC(=O)N2CCC(Oc3nccs3)C2)c1. The third kappa shape index (κ3) is 3.52. The van der Waals surface area contributed by atoms with Gasteiger partial charge in [-0.25, -0.2) is 9.78 Å². The molecule has 0 aliphatic carbocycles. The number of likely N-dealkylation sites (tertiary alicyclic amines) is 1. The van der Waals surface area contributed by atoms with Crippen LogP contribution in [-0.2, 0) is 0 Å². The summed E-state index contributed by atoms with van der Waals surface area (Å²) >= 11 is 1.47. The molecule has 0 bridgehead atoms. The van der Waals surface area contributed by atoms with Crippen molar-refractivity contribution < 1.29 is 9.53 Å². The zero-order valence-electron chi connectivity index (χ0n) is 11.8. The molecular weight excluding hydrogens is 286 g/mol. The highest BCUT2D eigenvalue weighted by Gasteiger charge is 2.28. The van der Waals surface area contributed by atoms with E-state index in [4.69, 9.17) is 4.74 Å². The number of nitrogens with zero attached hydrogens (tertiary/aromatic N) is 2. The highest BCUT2D eigenvalue weighted by molar-refractivity contribution is 7.11. The van der Waals surface area contributed by atoms with Gasteiger partial charge in [-0.15, -0.1) is 0 Å². The van der Waals surface area contributed by atoms with Crippen molar-refractivity contribution in [3.05, 3.63) is 41.4 Å². The summed E-state index contributed by atoms with van der Waals surface area (Å²) in [6.45, 7) is 3.30. The number of aromatic nitrogens is 1. The number of rotatable bonds is 3. The summed E-state index contributed by atoms with van der Waals surface area (Å²) < 4.78 is 5.75. The molecule has 110 valence electrons. The zero-order valence-corrected chi connectivity index (χ0v) is 12.6. The Kier molecular flexibility index (Phi) is 4.06. The summed E-state index contributed by atoms with van der Waals surface area (Å²) in [7, 11) is 0. The normalized spacial score (nSPS) is 17.8. The minimum atomic E-state index is -0.0779. The van der Waals surface area contributed by atoms with Crippen LogP contribution in [0.5, 0.6) is 5.19 Å². The van der Waals surface area contributed by atoms with Crippen LogP contribution in [0.4, 0.5) is 10.5 Å². The van der Waals surface area contributed by atoms with Crippen LogP contribution in [0.3, 0.4) is 0 Å². The van der Waals surface area contributed by atoms with E-state index in [-0.39, 0.29) is 12.1 Å². The molecule has 1 unspecified atom stereocenters. The lowest BCUT2D eigenvalue weighted by Crippen LogP contribution is -2.34. The standard InChI is InChI=1S/C15H17N3O2S/c1-11-3-2-4-12(9-11)17-14(19)18-7-5-13(10-18)20-15-16-6-8-21-15/h2-4,6,8-9,13H,5,7,10H2,1H3,(H,17,19). The largest absolute Gasteiger partial charge is 0.465 e. The molecule has 5 nitrogen and oxygen atoms in total. The van der Waals surface area contributed by atoms with Crippen LogP contribution >= 0.6 is 11.3 Å². The van der Waals surface area contributed by atoms with Crippen LogP contribution in [0.25, 0.3) is 0 Å². The fourth-order valence-electron chi connectivity index (χ4n) is 2.35. The Balaban J connectivity index is 1.54. The second kappa shape index (κ2) is 6.13. The molecular formula is C15H17N3O2S. The Morgan fingerprint density at radius 2 is 2.43 bits per heavy atom. The van der Waals surface area contributed by atoms with Crippen LogP contribution in [0.15, 0.2) is 35.8 Å². The molecule has 21 heavy (non-hydrogen) atoms. The number of carbonyl (C=O) groups excluding carboxylic acids is 1. The lowest BCUT2D eigenvalue weighted by molar-refractivity contribution is 0.194. The lowest BCUT2D eigenvalue weighted by atomic mass is 10.2. The van der Waals surface area contributed by atoms with Crippen molar-refractivity contribution in [1.29, 1.82) is 0 Å². The molecule has 1 atom stereocenters. The topological polar surface area (TPSA) is 54.5 Å². The molecule has 1 aliphatic rings. The van der Waals surface area contributed by atoms with Gasteiger partial charge in [-0.3, -0.25) is 0 Å². The number of anilines is 1.